The molecule has 3 rings (SSSR count). The number of aromatic amines is 1. The zero-order valence-corrected chi connectivity index (χ0v) is 12.7. The summed E-state index contributed by atoms with van der Waals surface area (Å²) in [6.07, 6.45) is 4.57. The Morgan fingerprint density at radius 3 is 2.96 bits per heavy atom. The Balaban J connectivity index is 1.98. The average molecular weight is 315 g/mol. The maximum absolute atomic E-state index is 12.8. The van der Waals surface area contributed by atoms with Gasteiger partial charge in [0.15, 0.2) is 0 Å². The molecule has 0 spiro atoms. The van der Waals surface area contributed by atoms with E-state index in [4.69, 9.17) is 0 Å². The Hall–Kier alpha value is -2.74. The first-order valence-electron chi connectivity index (χ1n) is 7.30. The summed E-state index contributed by atoms with van der Waals surface area (Å²) in [5.41, 5.74) is -0.282. The van der Waals surface area contributed by atoms with Crippen LogP contribution < -0.4 is 16.6 Å². The topological polar surface area (TPSA) is 100 Å². The number of rotatable bonds is 2. The van der Waals surface area contributed by atoms with Crippen molar-refractivity contribution in [1.29, 1.82) is 0 Å². The number of hydrogen-bond acceptors (Lipinski definition) is 5. The molecule has 8 nitrogen and oxygen atoms in total. The van der Waals surface area contributed by atoms with Gasteiger partial charge in [-0.25, -0.2) is 4.79 Å². The second-order valence-electron chi connectivity index (χ2n) is 5.38. The van der Waals surface area contributed by atoms with Crippen LogP contribution in [0.1, 0.15) is 22.0 Å². The summed E-state index contributed by atoms with van der Waals surface area (Å²) in [5, 5.41) is 3.24. The van der Waals surface area contributed by atoms with Gasteiger partial charge in [0.1, 0.15) is 5.56 Å². The number of pyridine rings is 1. The number of hydrogen-bond donors (Lipinski definition) is 2. The van der Waals surface area contributed by atoms with Crippen molar-refractivity contribution in [3.05, 3.63) is 62.7 Å². The molecule has 2 N–H and O–H groups in total. The maximum atomic E-state index is 12.8. The van der Waals surface area contributed by atoms with E-state index in [2.05, 4.69) is 15.3 Å². The summed E-state index contributed by atoms with van der Waals surface area (Å²) in [6.45, 7) is 1.70. The third-order valence-electron chi connectivity index (χ3n) is 3.98. The van der Waals surface area contributed by atoms with E-state index in [0.29, 0.717) is 19.6 Å². The number of nitrogens with one attached hydrogen (secondary N) is 2. The van der Waals surface area contributed by atoms with Crippen molar-refractivity contribution in [1.82, 2.24) is 24.8 Å². The van der Waals surface area contributed by atoms with Crippen LogP contribution >= 0.6 is 0 Å². The van der Waals surface area contributed by atoms with E-state index in [1.807, 2.05) is 12.1 Å². The van der Waals surface area contributed by atoms with Gasteiger partial charge in [-0.1, -0.05) is 6.07 Å². The molecule has 23 heavy (non-hydrogen) atoms. The van der Waals surface area contributed by atoms with Gasteiger partial charge in [0, 0.05) is 45.3 Å². The number of amides is 1. The number of aromatic nitrogens is 3. The van der Waals surface area contributed by atoms with Gasteiger partial charge in [-0.3, -0.25) is 19.1 Å². The van der Waals surface area contributed by atoms with Gasteiger partial charge in [-0.05, 0) is 11.6 Å². The molecule has 0 radical (unpaired) electrons. The van der Waals surface area contributed by atoms with Crippen LogP contribution in [-0.4, -0.2) is 45.0 Å². The van der Waals surface area contributed by atoms with Gasteiger partial charge in [0.2, 0.25) is 0 Å². The maximum Gasteiger partial charge on any atom is 0.328 e. The predicted molar refractivity (Wildman–Crippen MR) is 83.2 cm³/mol. The van der Waals surface area contributed by atoms with Crippen LogP contribution in [0.2, 0.25) is 0 Å². The summed E-state index contributed by atoms with van der Waals surface area (Å²) in [7, 11) is 1.34. The normalized spacial score (nSPS) is 18.0. The van der Waals surface area contributed by atoms with Crippen LogP contribution in [0.3, 0.4) is 0 Å². The molecule has 1 aliphatic rings. The molecule has 1 saturated heterocycles. The van der Waals surface area contributed by atoms with Crippen molar-refractivity contribution in [3.63, 3.8) is 0 Å². The van der Waals surface area contributed by atoms with Gasteiger partial charge in [-0.15, -0.1) is 0 Å². The Kier molecular flexibility index (Phi) is 4.07. The highest BCUT2D eigenvalue weighted by Crippen LogP contribution is 2.22. The van der Waals surface area contributed by atoms with Crippen molar-refractivity contribution < 1.29 is 4.79 Å². The number of carbonyl (C=O) groups excluding carboxylic acids is 1. The number of H-pyrrole nitrogens is 1. The van der Waals surface area contributed by atoms with E-state index >= 15 is 0 Å². The lowest BCUT2D eigenvalue weighted by atomic mass is 10.0. The Morgan fingerprint density at radius 1 is 1.39 bits per heavy atom. The van der Waals surface area contributed by atoms with Crippen LogP contribution in [-0.2, 0) is 7.05 Å². The van der Waals surface area contributed by atoms with Crippen LogP contribution in [0, 0.1) is 0 Å². The third-order valence-corrected chi connectivity index (χ3v) is 3.98. The zero-order chi connectivity index (χ0) is 16.4. The predicted octanol–water partition coefficient (Wildman–Crippen LogP) is -0.745. The van der Waals surface area contributed by atoms with Crippen LogP contribution in [0.15, 0.2) is 40.3 Å². The minimum Gasteiger partial charge on any atom is -0.329 e. The van der Waals surface area contributed by atoms with E-state index < -0.39 is 17.2 Å². The highest BCUT2D eigenvalue weighted by molar-refractivity contribution is 5.94. The summed E-state index contributed by atoms with van der Waals surface area (Å²) in [6, 6.07) is 3.50. The van der Waals surface area contributed by atoms with E-state index in [1.54, 1.807) is 17.3 Å². The number of carbonyl (C=O) groups is 1. The Bertz CT molecular complexity index is 827. The molecule has 120 valence electrons. The van der Waals surface area contributed by atoms with Gasteiger partial charge in [0.05, 0.1) is 6.04 Å². The highest BCUT2D eigenvalue weighted by atomic mass is 16.2. The van der Waals surface area contributed by atoms with Crippen molar-refractivity contribution in [2.75, 3.05) is 19.6 Å². The SMILES string of the molecule is Cn1c(=O)[nH]cc(C(=O)N2CCNCC2c2cccnc2)c1=O. The molecule has 1 fully saturated rings. The van der Waals surface area contributed by atoms with E-state index in [9.17, 15) is 14.4 Å². The zero-order valence-electron chi connectivity index (χ0n) is 12.7. The van der Waals surface area contributed by atoms with Crippen molar-refractivity contribution in [2.24, 2.45) is 7.05 Å². The monoisotopic (exact) mass is 315 g/mol. The van der Waals surface area contributed by atoms with Gasteiger partial charge >= 0.3 is 5.69 Å². The Morgan fingerprint density at radius 2 is 2.22 bits per heavy atom. The molecule has 2 aromatic heterocycles. The highest BCUT2D eigenvalue weighted by Gasteiger charge is 2.30. The molecule has 2 aromatic rings. The molecule has 3 heterocycles. The fraction of sp³-hybridized carbons (Fsp3) is 0.333. The molecule has 1 amide bonds. The molecule has 0 bridgehead atoms. The molecule has 1 unspecified atom stereocenters. The first-order valence-corrected chi connectivity index (χ1v) is 7.30. The first-order chi connectivity index (χ1) is 11.1. The van der Waals surface area contributed by atoms with Crippen LogP contribution in [0.25, 0.3) is 0 Å². The molecule has 0 saturated carbocycles. The molecule has 0 aliphatic carbocycles. The van der Waals surface area contributed by atoms with E-state index in [1.165, 1.54) is 13.2 Å². The van der Waals surface area contributed by atoms with Crippen LogP contribution in [0.5, 0.6) is 0 Å². The Labute approximate surface area is 131 Å². The fourth-order valence-corrected chi connectivity index (χ4v) is 2.69. The van der Waals surface area contributed by atoms with Crippen molar-refractivity contribution >= 4 is 5.91 Å². The summed E-state index contributed by atoms with van der Waals surface area (Å²) in [4.78, 5) is 44.6. The van der Waals surface area contributed by atoms with Gasteiger partial charge < -0.3 is 15.2 Å². The van der Waals surface area contributed by atoms with Gasteiger partial charge in [-0.2, -0.15) is 0 Å². The largest absolute Gasteiger partial charge is 0.329 e. The first kappa shape index (κ1) is 15.2. The van der Waals surface area contributed by atoms with E-state index in [-0.39, 0.29) is 11.6 Å². The minimum atomic E-state index is -0.595. The average Bonchev–Trinajstić information content (AvgIpc) is 2.60. The molecular weight excluding hydrogens is 298 g/mol. The van der Waals surface area contributed by atoms with Crippen LogP contribution in [0.4, 0.5) is 0 Å². The molecule has 1 aliphatic heterocycles. The molecule has 0 aromatic carbocycles. The molecular formula is C15H17N5O3. The lowest BCUT2D eigenvalue weighted by Gasteiger charge is -2.36. The lowest BCUT2D eigenvalue weighted by Crippen LogP contribution is -2.50. The van der Waals surface area contributed by atoms with Crippen molar-refractivity contribution in [2.45, 2.75) is 6.04 Å². The second-order valence-corrected chi connectivity index (χ2v) is 5.38. The standard InChI is InChI=1S/C15H17N5O3/c1-19-13(21)11(8-18-15(19)23)14(22)20-6-5-17-9-12(20)10-3-2-4-16-7-10/h2-4,7-8,12,17H,5-6,9H2,1H3,(H,18,23). The molecule has 1 atom stereocenters. The fourth-order valence-electron chi connectivity index (χ4n) is 2.69. The van der Waals surface area contributed by atoms with Gasteiger partial charge in [0.25, 0.3) is 11.5 Å². The smallest absolute Gasteiger partial charge is 0.328 e. The quantitative estimate of drug-likeness (QED) is 0.760. The third kappa shape index (κ3) is 2.80. The molecule has 8 heteroatoms. The number of nitrogens with zero attached hydrogens (tertiary/aromatic N) is 3. The summed E-state index contributed by atoms with van der Waals surface area (Å²) in [5.74, 6) is -0.391. The number of piperazine rings is 1. The van der Waals surface area contributed by atoms with Crippen molar-refractivity contribution in [3.8, 4) is 0 Å². The lowest BCUT2D eigenvalue weighted by molar-refractivity contribution is 0.0631. The summed E-state index contributed by atoms with van der Waals surface area (Å²) >= 11 is 0. The van der Waals surface area contributed by atoms with E-state index in [0.717, 1.165) is 10.1 Å². The minimum absolute atomic E-state index is 0.0390. The second kappa shape index (κ2) is 6.17. The summed E-state index contributed by atoms with van der Waals surface area (Å²) < 4.78 is 0.897.